The summed E-state index contributed by atoms with van der Waals surface area (Å²) in [5.41, 5.74) is 7.51. The predicted molar refractivity (Wildman–Crippen MR) is 50.5 cm³/mol. The summed E-state index contributed by atoms with van der Waals surface area (Å²) in [5, 5.41) is 1.06. The van der Waals surface area contributed by atoms with Gasteiger partial charge < -0.3 is 15.5 Å². The third-order valence-corrected chi connectivity index (χ3v) is 1.96. The molecule has 4 nitrogen and oxygen atoms in total. The smallest absolute Gasteiger partial charge is 0.215 e. The van der Waals surface area contributed by atoms with Crippen LogP contribution in [-0.2, 0) is 6.54 Å². The highest BCUT2D eigenvalue weighted by atomic mass is 16.5. The third-order valence-electron chi connectivity index (χ3n) is 1.96. The van der Waals surface area contributed by atoms with Gasteiger partial charge in [-0.15, -0.1) is 0 Å². The van der Waals surface area contributed by atoms with Crippen molar-refractivity contribution in [2.45, 2.75) is 6.54 Å². The van der Waals surface area contributed by atoms with Crippen LogP contribution in [0.4, 0.5) is 0 Å². The highest BCUT2D eigenvalue weighted by molar-refractivity contribution is 5.80. The number of nitrogens with one attached hydrogen (secondary N) is 1. The molecule has 0 saturated heterocycles. The van der Waals surface area contributed by atoms with Gasteiger partial charge in [0.15, 0.2) is 0 Å². The average Bonchev–Trinajstić information content (AvgIpc) is 2.58. The Morgan fingerprint density at radius 2 is 2.38 bits per heavy atom. The van der Waals surface area contributed by atoms with Gasteiger partial charge in [0.05, 0.1) is 12.6 Å². The number of hydrogen-bond donors (Lipinski definition) is 2. The van der Waals surface area contributed by atoms with E-state index in [0.717, 1.165) is 16.6 Å². The summed E-state index contributed by atoms with van der Waals surface area (Å²) in [7, 11) is 1.60. The second-order valence-corrected chi connectivity index (χ2v) is 2.81. The summed E-state index contributed by atoms with van der Waals surface area (Å²) in [6.07, 6.45) is 1.77. The Kier molecular flexibility index (Phi) is 1.90. The summed E-state index contributed by atoms with van der Waals surface area (Å²) < 4.78 is 5.00. The summed E-state index contributed by atoms with van der Waals surface area (Å²) in [5.74, 6) is 0.609. The van der Waals surface area contributed by atoms with Crippen molar-refractivity contribution in [2.75, 3.05) is 7.11 Å². The van der Waals surface area contributed by atoms with E-state index in [0.29, 0.717) is 12.4 Å². The number of nitrogens with zero attached hydrogens (tertiary/aromatic N) is 1. The van der Waals surface area contributed by atoms with E-state index in [1.165, 1.54) is 0 Å². The van der Waals surface area contributed by atoms with Crippen LogP contribution in [0.15, 0.2) is 18.3 Å². The third kappa shape index (κ3) is 1.36. The number of pyridine rings is 1. The molecule has 0 aromatic carbocycles. The fraction of sp³-hybridized carbons (Fsp3) is 0.222. The van der Waals surface area contributed by atoms with Crippen molar-refractivity contribution >= 4 is 10.9 Å². The predicted octanol–water partition coefficient (Wildman–Crippen LogP) is 1.03. The number of fused-ring (bicyclic) bond motifs is 1. The van der Waals surface area contributed by atoms with E-state index >= 15 is 0 Å². The summed E-state index contributed by atoms with van der Waals surface area (Å²) >= 11 is 0. The molecule has 2 heterocycles. The minimum absolute atomic E-state index is 0.511. The van der Waals surface area contributed by atoms with E-state index in [2.05, 4.69) is 9.97 Å². The molecule has 0 atom stereocenters. The Hall–Kier alpha value is -1.55. The lowest BCUT2D eigenvalue weighted by Gasteiger charge is -1.96. The molecule has 2 aromatic heterocycles. The van der Waals surface area contributed by atoms with E-state index in [1.54, 1.807) is 13.3 Å². The summed E-state index contributed by atoms with van der Waals surface area (Å²) in [6, 6.07) is 3.84. The SMILES string of the molecule is COc1cc2[nH]c(CN)cc2cn1. The maximum atomic E-state index is 5.50. The first-order chi connectivity index (χ1) is 6.33. The molecule has 0 radical (unpaired) electrons. The monoisotopic (exact) mass is 177 g/mol. The van der Waals surface area contributed by atoms with Crippen molar-refractivity contribution in [1.82, 2.24) is 9.97 Å². The highest BCUT2D eigenvalue weighted by Gasteiger charge is 2.01. The van der Waals surface area contributed by atoms with Crippen molar-refractivity contribution in [3.63, 3.8) is 0 Å². The second kappa shape index (κ2) is 3.06. The number of aromatic nitrogens is 2. The van der Waals surface area contributed by atoms with Crippen LogP contribution in [0, 0.1) is 0 Å². The topological polar surface area (TPSA) is 63.9 Å². The number of methoxy groups -OCH3 is 1. The quantitative estimate of drug-likeness (QED) is 0.720. The first-order valence-corrected chi connectivity index (χ1v) is 4.05. The van der Waals surface area contributed by atoms with Gasteiger partial charge in [-0.2, -0.15) is 0 Å². The van der Waals surface area contributed by atoms with E-state index in [1.807, 2.05) is 12.1 Å². The number of nitrogens with two attached hydrogens (primary N) is 1. The first kappa shape index (κ1) is 8.07. The Morgan fingerprint density at radius 1 is 1.54 bits per heavy atom. The molecule has 0 saturated carbocycles. The number of hydrogen-bond acceptors (Lipinski definition) is 3. The number of H-pyrrole nitrogens is 1. The maximum absolute atomic E-state index is 5.50. The lowest BCUT2D eigenvalue weighted by molar-refractivity contribution is 0.398. The molecule has 0 bridgehead atoms. The maximum Gasteiger partial charge on any atom is 0.215 e. The van der Waals surface area contributed by atoms with Gasteiger partial charge in [0.1, 0.15) is 0 Å². The molecule has 0 amide bonds. The molecular formula is C9H11N3O. The van der Waals surface area contributed by atoms with Crippen LogP contribution >= 0.6 is 0 Å². The van der Waals surface area contributed by atoms with Gasteiger partial charge >= 0.3 is 0 Å². The van der Waals surface area contributed by atoms with Gasteiger partial charge in [-0.1, -0.05) is 0 Å². The van der Waals surface area contributed by atoms with Gasteiger partial charge in [0.25, 0.3) is 0 Å². The molecule has 68 valence electrons. The van der Waals surface area contributed by atoms with Crippen molar-refractivity contribution in [3.05, 3.63) is 24.0 Å². The normalized spacial score (nSPS) is 10.6. The van der Waals surface area contributed by atoms with Gasteiger partial charge in [0, 0.05) is 29.9 Å². The molecule has 0 spiro atoms. The zero-order chi connectivity index (χ0) is 9.26. The molecule has 0 aliphatic carbocycles. The van der Waals surface area contributed by atoms with E-state index in [4.69, 9.17) is 10.5 Å². The zero-order valence-corrected chi connectivity index (χ0v) is 7.37. The van der Waals surface area contributed by atoms with Crippen molar-refractivity contribution in [3.8, 4) is 5.88 Å². The zero-order valence-electron chi connectivity index (χ0n) is 7.37. The average molecular weight is 177 g/mol. The van der Waals surface area contributed by atoms with Crippen LogP contribution in [-0.4, -0.2) is 17.1 Å². The number of aromatic amines is 1. The van der Waals surface area contributed by atoms with Gasteiger partial charge in [0.2, 0.25) is 5.88 Å². The van der Waals surface area contributed by atoms with Gasteiger partial charge in [-0.05, 0) is 6.07 Å². The Balaban J connectivity index is 2.57. The van der Waals surface area contributed by atoms with Crippen molar-refractivity contribution in [2.24, 2.45) is 5.73 Å². The minimum Gasteiger partial charge on any atom is -0.481 e. The molecule has 4 heteroatoms. The van der Waals surface area contributed by atoms with Crippen LogP contribution in [0.3, 0.4) is 0 Å². The Bertz CT molecular complexity index is 420. The number of ether oxygens (including phenoxy) is 1. The molecule has 2 aromatic rings. The molecule has 2 rings (SSSR count). The molecule has 0 unspecified atom stereocenters. The van der Waals surface area contributed by atoms with Gasteiger partial charge in [-0.25, -0.2) is 4.98 Å². The summed E-state index contributed by atoms with van der Waals surface area (Å²) in [6.45, 7) is 0.511. The lowest BCUT2D eigenvalue weighted by atomic mass is 10.3. The Morgan fingerprint density at radius 3 is 3.08 bits per heavy atom. The minimum atomic E-state index is 0.511. The van der Waals surface area contributed by atoms with Crippen LogP contribution in [0.5, 0.6) is 5.88 Å². The van der Waals surface area contributed by atoms with Crippen LogP contribution < -0.4 is 10.5 Å². The van der Waals surface area contributed by atoms with Crippen LogP contribution in [0.2, 0.25) is 0 Å². The molecule has 3 N–H and O–H groups in total. The largest absolute Gasteiger partial charge is 0.481 e. The van der Waals surface area contributed by atoms with Crippen molar-refractivity contribution in [1.29, 1.82) is 0 Å². The fourth-order valence-electron chi connectivity index (χ4n) is 1.29. The molecular weight excluding hydrogens is 166 g/mol. The summed E-state index contributed by atoms with van der Waals surface area (Å²) in [4.78, 5) is 7.26. The lowest BCUT2D eigenvalue weighted by Crippen LogP contribution is -1.95. The van der Waals surface area contributed by atoms with Gasteiger partial charge in [-0.3, -0.25) is 0 Å². The highest BCUT2D eigenvalue weighted by Crippen LogP contribution is 2.17. The second-order valence-electron chi connectivity index (χ2n) is 2.81. The molecule has 0 fully saturated rings. The molecule has 13 heavy (non-hydrogen) atoms. The standard InChI is InChI=1S/C9H11N3O/c1-13-9-3-8-6(5-11-9)2-7(4-10)12-8/h2-3,5,12H,4,10H2,1H3. The number of rotatable bonds is 2. The molecule has 0 aliphatic heterocycles. The van der Waals surface area contributed by atoms with Crippen molar-refractivity contribution < 1.29 is 4.74 Å². The fourth-order valence-corrected chi connectivity index (χ4v) is 1.29. The van der Waals surface area contributed by atoms with E-state index in [-0.39, 0.29) is 0 Å². The Labute approximate surface area is 75.7 Å². The van der Waals surface area contributed by atoms with Crippen LogP contribution in [0.1, 0.15) is 5.69 Å². The van der Waals surface area contributed by atoms with E-state index in [9.17, 15) is 0 Å². The molecule has 0 aliphatic rings. The first-order valence-electron chi connectivity index (χ1n) is 4.05. The van der Waals surface area contributed by atoms with Crippen LogP contribution in [0.25, 0.3) is 10.9 Å². The van der Waals surface area contributed by atoms with E-state index < -0.39 is 0 Å².